The number of ketones is 3. The van der Waals surface area contributed by atoms with Crippen LogP contribution in [0.3, 0.4) is 0 Å². The van der Waals surface area contributed by atoms with Crippen molar-refractivity contribution in [2.75, 3.05) is 0 Å². The predicted molar refractivity (Wildman–Crippen MR) is 96.2 cm³/mol. The molecule has 0 bridgehead atoms. The van der Waals surface area contributed by atoms with Crippen LogP contribution in [0.1, 0.15) is 36.5 Å². The molecule has 6 heteroatoms. The number of hydrogen-bond donors (Lipinski definition) is 3. The van der Waals surface area contributed by atoms with E-state index in [0.29, 0.717) is 18.4 Å². The van der Waals surface area contributed by atoms with Crippen LogP contribution in [0.25, 0.3) is 5.76 Å². The van der Waals surface area contributed by atoms with E-state index in [1.807, 2.05) is 6.07 Å². The number of carbonyl (C=O) groups is 3. The minimum absolute atomic E-state index is 0.0337. The molecule has 3 N–H and O–H groups in total. The van der Waals surface area contributed by atoms with Crippen molar-refractivity contribution in [1.82, 2.24) is 0 Å². The Kier molecular flexibility index (Phi) is 3.77. The van der Waals surface area contributed by atoms with Gasteiger partial charge in [-0.3, -0.25) is 14.4 Å². The molecule has 3 unspecified atom stereocenters. The minimum Gasteiger partial charge on any atom is -0.511 e. The Bertz CT molecular complexity index is 981. The summed E-state index contributed by atoms with van der Waals surface area (Å²) in [5, 5.41) is 31.7. The van der Waals surface area contributed by atoms with Crippen LogP contribution in [0.4, 0.5) is 0 Å². The molecule has 1 aromatic carbocycles. The van der Waals surface area contributed by atoms with E-state index in [9.17, 15) is 29.7 Å². The van der Waals surface area contributed by atoms with Gasteiger partial charge < -0.3 is 15.3 Å². The first-order valence-electron chi connectivity index (χ1n) is 8.98. The van der Waals surface area contributed by atoms with Gasteiger partial charge in [-0.25, -0.2) is 0 Å². The van der Waals surface area contributed by atoms with Gasteiger partial charge in [-0.15, -0.1) is 0 Å². The largest absolute Gasteiger partial charge is 0.511 e. The molecule has 4 rings (SSSR count). The summed E-state index contributed by atoms with van der Waals surface area (Å²) in [7, 11) is 0. The molecule has 1 aromatic rings. The number of aryl methyl sites for hydroxylation is 1. The smallest absolute Gasteiger partial charge is 0.173 e. The summed E-state index contributed by atoms with van der Waals surface area (Å²) in [6.45, 7) is 2.90. The lowest BCUT2D eigenvalue weighted by Crippen LogP contribution is -2.43. The van der Waals surface area contributed by atoms with Crippen molar-refractivity contribution in [3.8, 4) is 5.75 Å². The second kappa shape index (κ2) is 5.81. The SMILES string of the molecule is CC(=O)C1=C(O)C2C(=O)C3=C(O)c4c(ccc(C)c4O)CC3CC2CC1=O. The first kappa shape index (κ1) is 17.5. The van der Waals surface area contributed by atoms with Crippen molar-refractivity contribution in [3.63, 3.8) is 0 Å². The summed E-state index contributed by atoms with van der Waals surface area (Å²) in [5.41, 5.74) is 1.47. The Morgan fingerprint density at radius 3 is 2.48 bits per heavy atom. The van der Waals surface area contributed by atoms with Crippen LogP contribution in [0.2, 0.25) is 0 Å². The summed E-state index contributed by atoms with van der Waals surface area (Å²) in [4.78, 5) is 37.2. The number of allylic oxidation sites excluding steroid dienone is 3. The molecule has 3 atom stereocenters. The molecule has 0 aromatic heterocycles. The Hall–Kier alpha value is -2.89. The lowest BCUT2D eigenvalue weighted by atomic mass is 9.61. The third-order valence-corrected chi connectivity index (χ3v) is 6.07. The molecule has 0 heterocycles. The first-order chi connectivity index (χ1) is 12.7. The van der Waals surface area contributed by atoms with Crippen molar-refractivity contribution >= 4 is 23.1 Å². The maximum absolute atomic E-state index is 13.2. The van der Waals surface area contributed by atoms with Gasteiger partial charge in [0.15, 0.2) is 17.3 Å². The van der Waals surface area contributed by atoms with Gasteiger partial charge in [-0.1, -0.05) is 12.1 Å². The van der Waals surface area contributed by atoms with E-state index in [1.165, 1.54) is 6.92 Å². The molecule has 0 spiro atoms. The first-order valence-corrected chi connectivity index (χ1v) is 8.98. The highest BCUT2D eigenvalue weighted by Gasteiger charge is 2.50. The molecule has 0 saturated heterocycles. The third kappa shape index (κ3) is 2.36. The fourth-order valence-corrected chi connectivity index (χ4v) is 4.83. The average molecular weight is 368 g/mol. The van der Waals surface area contributed by atoms with E-state index in [1.54, 1.807) is 13.0 Å². The number of aromatic hydroxyl groups is 1. The van der Waals surface area contributed by atoms with Gasteiger partial charge in [0.25, 0.3) is 0 Å². The molecule has 1 saturated carbocycles. The number of Topliss-reactive ketones (excluding diaryl/α,β-unsaturated/α-hetero) is 3. The number of hydrogen-bond acceptors (Lipinski definition) is 6. The zero-order valence-corrected chi connectivity index (χ0v) is 15.1. The molecular formula is C21H20O6. The fraction of sp³-hybridized carbons (Fsp3) is 0.381. The number of rotatable bonds is 1. The van der Waals surface area contributed by atoms with Crippen LogP contribution in [-0.4, -0.2) is 32.7 Å². The van der Waals surface area contributed by atoms with E-state index in [-0.39, 0.29) is 40.6 Å². The maximum Gasteiger partial charge on any atom is 0.173 e. The molecule has 0 amide bonds. The lowest BCUT2D eigenvalue weighted by Gasteiger charge is -2.41. The number of phenols is 1. The van der Waals surface area contributed by atoms with Gasteiger partial charge in [0.05, 0.1) is 17.1 Å². The molecule has 3 aliphatic carbocycles. The molecular weight excluding hydrogens is 348 g/mol. The standard InChI is InChI=1S/C21H20O6/c1-8-3-4-10-5-11-6-12-7-13(23)14(9(2)22)19(25)17(12)21(27)16(11)20(26)15(10)18(8)24/h3-4,11-12,17,24-26H,5-7H2,1-2H3. The van der Waals surface area contributed by atoms with Crippen molar-refractivity contribution < 1.29 is 29.7 Å². The van der Waals surface area contributed by atoms with E-state index in [2.05, 4.69) is 0 Å². The number of aliphatic hydroxyl groups excluding tert-OH is 2. The molecule has 27 heavy (non-hydrogen) atoms. The molecule has 140 valence electrons. The van der Waals surface area contributed by atoms with Crippen molar-refractivity contribution in [3.05, 3.63) is 45.7 Å². The second-order valence-electron chi connectivity index (χ2n) is 7.71. The monoisotopic (exact) mass is 368 g/mol. The highest BCUT2D eigenvalue weighted by Crippen LogP contribution is 2.50. The van der Waals surface area contributed by atoms with E-state index < -0.39 is 34.9 Å². The Labute approximate surface area is 155 Å². The summed E-state index contributed by atoms with van der Waals surface area (Å²) in [6, 6.07) is 3.59. The van der Waals surface area contributed by atoms with Crippen LogP contribution in [0.15, 0.2) is 29.0 Å². The summed E-state index contributed by atoms with van der Waals surface area (Å²) >= 11 is 0. The third-order valence-electron chi connectivity index (χ3n) is 6.07. The molecule has 0 radical (unpaired) electrons. The van der Waals surface area contributed by atoms with Crippen LogP contribution >= 0.6 is 0 Å². The topological polar surface area (TPSA) is 112 Å². The van der Waals surface area contributed by atoms with Gasteiger partial charge in [0.2, 0.25) is 0 Å². The van der Waals surface area contributed by atoms with Crippen molar-refractivity contribution in [2.24, 2.45) is 17.8 Å². The van der Waals surface area contributed by atoms with E-state index in [4.69, 9.17) is 0 Å². The Morgan fingerprint density at radius 1 is 1.11 bits per heavy atom. The summed E-state index contributed by atoms with van der Waals surface area (Å²) in [5.74, 6) is -3.95. The fourth-order valence-electron chi connectivity index (χ4n) is 4.83. The van der Waals surface area contributed by atoms with Crippen LogP contribution < -0.4 is 0 Å². The molecule has 6 nitrogen and oxygen atoms in total. The molecule has 0 aliphatic heterocycles. The normalized spacial score (nSPS) is 27.3. The highest BCUT2D eigenvalue weighted by atomic mass is 16.3. The van der Waals surface area contributed by atoms with E-state index in [0.717, 1.165) is 5.56 Å². The Morgan fingerprint density at radius 2 is 1.81 bits per heavy atom. The van der Waals surface area contributed by atoms with Gasteiger partial charge in [0, 0.05) is 12.0 Å². The predicted octanol–water partition coefficient (Wildman–Crippen LogP) is 2.72. The zero-order valence-electron chi connectivity index (χ0n) is 15.1. The zero-order chi connectivity index (χ0) is 19.6. The maximum atomic E-state index is 13.2. The van der Waals surface area contributed by atoms with Crippen molar-refractivity contribution in [2.45, 2.75) is 33.1 Å². The average Bonchev–Trinajstić information content (AvgIpc) is 2.57. The van der Waals surface area contributed by atoms with Gasteiger partial charge >= 0.3 is 0 Å². The number of fused-ring (bicyclic) bond motifs is 3. The Balaban J connectivity index is 1.88. The van der Waals surface area contributed by atoms with Crippen LogP contribution in [0.5, 0.6) is 5.75 Å². The minimum atomic E-state index is -0.997. The quantitative estimate of drug-likeness (QED) is 0.657. The van der Waals surface area contributed by atoms with Crippen LogP contribution in [0, 0.1) is 24.7 Å². The highest BCUT2D eigenvalue weighted by molar-refractivity contribution is 6.21. The molecule has 3 aliphatic rings. The summed E-state index contributed by atoms with van der Waals surface area (Å²) < 4.78 is 0. The molecule has 1 fully saturated rings. The number of phenolic OH excluding ortho intramolecular Hbond substituents is 1. The van der Waals surface area contributed by atoms with E-state index >= 15 is 0 Å². The summed E-state index contributed by atoms with van der Waals surface area (Å²) in [6.07, 6.45) is 0.951. The van der Waals surface area contributed by atoms with Crippen molar-refractivity contribution in [1.29, 1.82) is 0 Å². The van der Waals surface area contributed by atoms with Gasteiger partial charge in [-0.2, -0.15) is 0 Å². The van der Waals surface area contributed by atoms with Crippen LogP contribution in [-0.2, 0) is 20.8 Å². The second-order valence-corrected chi connectivity index (χ2v) is 7.71. The number of aliphatic hydroxyl groups is 2. The van der Waals surface area contributed by atoms with Gasteiger partial charge in [0.1, 0.15) is 17.3 Å². The number of carbonyl (C=O) groups excluding carboxylic acids is 3. The lowest BCUT2D eigenvalue weighted by molar-refractivity contribution is -0.127. The number of benzene rings is 1. The van der Waals surface area contributed by atoms with Gasteiger partial charge in [-0.05, 0) is 49.7 Å².